The molecule has 10 aromatic rings. The van der Waals surface area contributed by atoms with Crippen molar-refractivity contribution in [2.24, 2.45) is 0 Å². The summed E-state index contributed by atoms with van der Waals surface area (Å²) in [5.74, 6) is 1.89. The lowest BCUT2D eigenvalue weighted by Gasteiger charge is -2.09. The largest absolute Gasteiger partial charge is 0.456 e. The second-order valence-corrected chi connectivity index (χ2v) is 12.5. The lowest BCUT2D eigenvalue weighted by molar-refractivity contribution is 0.669. The Kier molecular flexibility index (Phi) is 6.15. The molecule has 0 atom stereocenters. The minimum absolute atomic E-state index is 0.617. The molecule has 0 N–H and O–H groups in total. The van der Waals surface area contributed by atoms with Gasteiger partial charge in [0.15, 0.2) is 17.5 Å². The molecule has 0 aliphatic rings. The molecule has 0 amide bonds. The SMILES string of the molecule is c1ccc(-c2nc(-c3ccc4ccccc4c3)nc(-c3ccc4oc5ccc(-c6ccc7ccc8ccccc8c7c6)cc5c4c3)n2)cc1. The summed E-state index contributed by atoms with van der Waals surface area (Å²) in [6, 6.07) is 57.1. The summed E-state index contributed by atoms with van der Waals surface area (Å²) in [6.07, 6.45) is 0. The maximum absolute atomic E-state index is 6.34. The summed E-state index contributed by atoms with van der Waals surface area (Å²) in [6.45, 7) is 0. The van der Waals surface area contributed by atoms with Crippen LogP contribution >= 0.6 is 0 Å². The number of furan rings is 1. The van der Waals surface area contributed by atoms with Gasteiger partial charge in [-0.25, -0.2) is 15.0 Å². The van der Waals surface area contributed by atoms with Crippen LogP contribution < -0.4 is 0 Å². The minimum Gasteiger partial charge on any atom is -0.456 e. The van der Waals surface area contributed by atoms with E-state index >= 15 is 0 Å². The van der Waals surface area contributed by atoms with E-state index in [2.05, 4.69) is 121 Å². The van der Waals surface area contributed by atoms with E-state index in [-0.39, 0.29) is 0 Å². The quantitative estimate of drug-likeness (QED) is 0.183. The van der Waals surface area contributed by atoms with Gasteiger partial charge in [-0.1, -0.05) is 121 Å². The Bertz CT molecular complexity index is 2890. The normalized spacial score (nSPS) is 11.7. The molecule has 0 radical (unpaired) electrons. The molecule has 0 spiro atoms. The number of hydrogen-bond donors (Lipinski definition) is 0. The van der Waals surface area contributed by atoms with Crippen LogP contribution in [0, 0.1) is 0 Å². The second-order valence-electron chi connectivity index (χ2n) is 12.5. The van der Waals surface area contributed by atoms with Crippen LogP contribution in [0.1, 0.15) is 0 Å². The standard InChI is InChI=1S/C45H27N3O/c1-2-10-31(11-3-1)43-46-44(35-19-14-28-8-4-5-12-32(28)24-35)48-45(47-43)36-21-23-42-40(27-36)39-26-34(20-22-41(39)49-42)33-18-17-30-16-15-29-9-6-7-13-37(29)38(30)25-33/h1-27H. The molecule has 0 saturated heterocycles. The first kappa shape index (κ1) is 27.5. The Labute approximate surface area is 282 Å². The zero-order valence-corrected chi connectivity index (χ0v) is 26.3. The van der Waals surface area contributed by atoms with Gasteiger partial charge in [-0.15, -0.1) is 0 Å². The Hall–Kier alpha value is -6.65. The van der Waals surface area contributed by atoms with Crippen molar-refractivity contribution in [3.05, 3.63) is 164 Å². The predicted octanol–water partition coefficient (Wildman–Crippen LogP) is 11.9. The van der Waals surface area contributed by atoms with Crippen LogP contribution in [0.4, 0.5) is 0 Å². The molecule has 0 bridgehead atoms. The van der Waals surface area contributed by atoms with E-state index in [0.717, 1.165) is 49.6 Å². The van der Waals surface area contributed by atoms with Crippen molar-refractivity contribution in [3.63, 3.8) is 0 Å². The molecule has 2 heterocycles. The maximum atomic E-state index is 6.34. The van der Waals surface area contributed by atoms with Gasteiger partial charge in [0.2, 0.25) is 0 Å². The van der Waals surface area contributed by atoms with Crippen LogP contribution in [-0.4, -0.2) is 15.0 Å². The number of benzene rings is 8. The number of fused-ring (bicyclic) bond motifs is 7. The highest BCUT2D eigenvalue weighted by Gasteiger charge is 2.16. The molecule has 8 aromatic carbocycles. The number of nitrogens with zero attached hydrogens (tertiary/aromatic N) is 3. The summed E-state index contributed by atoms with van der Waals surface area (Å²) >= 11 is 0. The summed E-state index contributed by atoms with van der Waals surface area (Å²) in [7, 11) is 0. The molecule has 49 heavy (non-hydrogen) atoms. The molecule has 0 aliphatic heterocycles. The van der Waals surface area contributed by atoms with Crippen LogP contribution in [0.15, 0.2) is 168 Å². The highest BCUT2D eigenvalue weighted by Crippen LogP contribution is 2.37. The molecule has 4 nitrogen and oxygen atoms in total. The van der Waals surface area contributed by atoms with E-state index in [1.165, 1.54) is 32.5 Å². The van der Waals surface area contributed by atoms with Gasteiger partial charge in [0.05, 0.1) is 0 Å². The Morgan fingerprint density at radius 3 is 1.51 bits per heavy atom. The van der Waals surface area contributed by atoms with Gasteiger partial charge in [0, 0.05) is 27.5 Å². The van der Waals surface area contributed by atoms with Crippen LogP contribution in [0.2, 0.25) is 0 Å². The van der Waals surface area contributed by atoms with Crippen molar-refractivity contribution in [3.8, 4) is 45.3 Å². The lowest BCUT2D eigenvalue weighted by atomic mass is 9.96. The third-order valence-corrected chi connectivity index (χ3v) is 9.48. The summed E-state index contributed by atoms with van der Waals surface area (Å²) in [5.41, 5.74) is 6.77. The lowest BCUT2D eigenvalue weighted by Crippen LogP contribution is -2.00. The second kappa shape index (κ2) is 11.0. The highest BCUT2D eigenvalue weighted by molar-refractivity contribution is 6.10. The predicted molar refractivity (Wildman–Crippen MR) is 201 cm³/mol. The maximum Gasteiger partial charge on any atom is 0.164 e. The van der Waals surface area contributed by atoms with Crippen molar-refractivity contribution in [2.75, 3.05) is 0 Å². The number of aromatic nitrogens is 3. The molecule has 0 saturated carbocycles. The third kappa shape index (κ3) is 4.73. The van der Waals surface area contributed by atoms with Gasteiger partial charge < -0.3 is 4.42 Å². The van der Waals surface area contributed by atoms with Crippen molar-refractivity contribution in [1.82, 2.24) is 15.0 Å². The van der Waals surface area contributed by atoms with E-state index < -0.39 is 0 Å². The Morgan fingerprint density at radius 1 is 0.286 bits per heavy atom. The van der Waals surface area contributed by atoms with Gasteiger partial charge in [-0.3, -0.25) is 0 Å². The van der Waals surface area contributed by atoms with E-state index in [0.29, 0.717) is 17.5 Å². The van der Waals surface area contributed by atoms with Gasteiger partial charge >= 0.3 is 0 Å². The minimum atomic E-state index is 0.617. The van der Waals surface area contributed by atoms with Crippen molar-refractivity contribution in [1.29, 1.82) is 0 Å². The number of hydrogen-bond acceptors (Lipinski definition) is 4. The highest BCUT2D eigenvalue weighted by atomic mass is 16.3. The molecule has 0 unspecified atom stereocenters. The average Bonchev–Trinajstić information content (AvgIpc) is 3.55. The summed E-state index contributed by atoms with van der Waals surface area (Å²) < 4.78 is 6.34. The molecule has 2 aromatic heterocycles. The fourth-order valence-electron chi connectivity index (χ4n) is 6.96. The average molecular weight is 626 g/mol. The third-order valence-electron chi connectivity index (χ3n) is 9.48. The van der Waals surface area contributed by atoms with Gasteiger partial charge in [0.1, 0.15) is 11.2 Å². The zero-order valence-electron chi connectivity index (χ0n) is 26.3. The smallest absolute Gasteiger partial charge is 0.164 e. The van der Waals surface area contributed by atoms with Gasteiger partial charge in [-0.05, 0) is 85.9 Å². The van der Waals surface area contributed by atoms with Crippen LogP contribution in [0.25, 0.3) is 99.5 Å². The first-order valence-corrected chi connectivity index (χ1v) is 16.4. The van der Waals surface area contributed by atoms with Crippen LogP contribution in [0.3, 0.4) is 0 Å². The van der Waals surface area contributed by atoms with Gasteiger partial charge in [0.25, 0.3) is 0 Å². The zero-order chi connectivity index (χ0) is 32.3. The van der Waals surface area contributed by atoms with E-state index in [1.807, 2.05) is 42.5 Å². The Morgan fingerprint density at radius 2 is 0.755 bits per heavy atom. The van der Waals surface area contributed by atoms with Gasteiger partial charge in [-0.2, -0.15) is 0 Å². The topological polar surface area (TPSA) is 51.8 Å². The monoisotopic (exact) mass is 625 g/mol. The molecule has 10 rings (SSSR count). The van der Waals surface area contributed by atoms with Crippen molar-refractivity contribution >= 4 is 54.3 Å². The van der Waals surface area contributed by atoms with E-state index in [9.17, 15) is 0 Å². The summed E-state index contributed by atoms with van der Waals surface area (Å²) in [5, 5.41) is 9.39. The fourth-order valence-corrected chi connectivity index (χ4v) is 6.96. The molecular weight excluding hydrogens is 599 g/mol. The first-order chi connectivity index (χ1) is 24.2. The first-order valence-electron chi connectivity index (χ1n) is 16.4. The molecule has 4 heteroatoms. The number of rotatable bonds is 4. The van der Waals surface area contributed by atoms with Crippen LogP contribution in [0.5, 0.6) is 0 Å². The van der Waals surface area contributed by atoms with Crippen molar-refractivity contribution in [2.45, 2.75) is 0 Å². The van der Waals surface area contributed by atoms with E-state index in [4.69, 9.17) is 19.4 Å². The molecule has 0 fully saturated rings. The Balaban J connectivity index is 1.12. The van der Waals surface area contributed by atoms with Crippen LogP contribution in [-0.2, 0) is 0 Å². The molecule has 0 aliphatic carbocycles. The molecular formula is C45H27N3O. The fraction of sp³-hybridized carbons (Fsp3) is 0. The van der Waals surface area contributed by atoms with Crippen molar-refractivity contribution < 1.29 is 4.42 Å². The molecule has 228 valence electrons. The van der Waals surface area contributed by atoms with E-state index in [1.54, 1.807) is 0 Å². The summed E-state index contributed by atoms with van der Waals surface area (Å²) in [4.78, 5) is 15.0.